The van der Waals surface area contributed by atoms with Crippen molar-refractivity contribution in [2.45, 2.75) is 63.7 Å². The molecule has 21 heavy (non-hydrogen) atoms. The molecule has 1 saturated carbocycles. The first kappa shape index (κ1) is 13.5. The van der Waals surface area contributed by atoms with Crippen molar-refractivity contribution in [3.05, 3.63) is 16.3 Å². The van der Waals surface area contributed by atoms with Crippen molar-refractivity contribution in [3.8, 4) is 0 Å². The van der Waals surface area contributed by atoms with E-state index >= 15 is 0 Å². The van der Waals surface area contributed by atoms with Gasteiger partial charge in [-0.3, -0.25) is 0 Å². The number of nitrogens with one attached hydrogen (secondary N) is 1. The number of anilines is 1. The zero-order valence-corrected chi connectivity index (χ0v) is 13.6. The monoisotopic (exact) mass is 301 g/mol. The minimum Gasteiger partial charge on any atom is -0.372 e. The fraction of sp³-hybridized carbons (Fsp3) is 0.647. The molecule has 112 valence electrons. The molecule has 2 heterocycles. The van der Waals surface area contributed by atoms with Crippen molar-refractivity contribution >= 4 is 27.4 Å². The van der Waals surface area contributed by atoms with E-state index in [2.05, 4.69) is 5.32 Å². The summed E-state index contributed by atoms with van der Waals surface area (Å²) in [5.41, 5.74) is 1.52. The second-order valence-corrected chi connectivity index (χ2v) is 7.49. The van der Waals surface area contributed by atoms with Crippen molar-refractivity contribution in [2.24, 2.45) is 0 Å². The number of thiophene rings is 1. The SMILES string of the molecule is CNc1nc(C2CCCCCC2)nc2sc3c(c12)CCC3. The lowest BCUT2D eigenvalue weighted by atomic mass is 9.99. The van der Waals surface area contributed by atoms with Crippen LogP contribution in [-0.4, -0.2) is 17.0 Å². The summed E-state index contributed by atoms with van der Waals surface area (Å²) in [6, 6.07) is 0. The van der Waals surface area contributed by atoms with E-state index in [1.807, 2.05) is 18.4 Å². The number of rotatable bonds is 2. The van der Waals surface area contributed by atoms with Gasteiger partial charge in [-0.25, -0.2) is 9.97 Å². The third-order valence-electron chi connectivity index (χ3n) is 5.04. The Morgan fingerprint density at radius 1 is 1.00 bits per heavy atom. The first-order chi connectivity index (χ1) is 10.4. The van der Waals surface area contributed by atoms with Crippen LogP contribution in [0.25, 0.3) is 10.2 Å². The van der Waals surface area contributed by atoms with Crippen molar-refractivity contribution in [3.63, 3.8) is 0 Å². The van der Waals surface area contributed by atoms with Crippen LogP contribution in [0.15, 0.2) is 0 Å². The van der Waals surface area contributed by atoms with Crippen LogP contribution in [0.2, 0.25) is 0 Å². The molecular formula is C17H23N3S. The molecule has 2 aromatic rings. The molecule has 0 saturated heterocycles. The maximum absolute atomic E-state index is 4.98. The van der Waals surface area contributed by atoms with Crippen LogP contribution >= 0.6 is 11.3 Å². The molecule has 0 aromatic carbocycles. The summed E-state index contributed by atoms with van der Waals surface area (Å²) in [6.07, 6.45) is 11.7. The normalized spacial score (nSPS) is 19.7. The van der Waals surface area contributed by atoms with Gasteiger partial charge >= 0.3 is 0 Å². The highest BCUT2D eigenvalue weighted by atomic mass is 32.1. The van der Waals surface area contributed by atoms with E-state index in [0.717, 1.165) is 11.6 Å². The number of hydrogen-bond donors (Lipinski definition) is 1. The van der Waals surface area contributed by atoms with Crippen molar-refractivity contribution < 1.29 is 0 Å². The zero-order chi connectivity index (χ0) is 14.2. The summed E-state index contributed by atoms with van der Waals surface area (Å²) in [6.45, 7) is 0. The molecule has 0 amide bonds. The lowest BCUT2D eigenvalue weighted by molar-refractivity contribution is 0.563. The predicted molar refractivity (Wildman–Crippen MR) is 89.4 cm³/mol. The smallest absolute Gasteiger partial charge is 0.138 e. The zero-order valence-electron chi connectivity index (χ0n) is 12.7. The van der Waals surface area contributed by atoms with Gasteiger partial charge in [-0.1, -0.05) is 25.7 Å². The Balaban J connectivity index is 1.80. The number of nitrogens with zero attached hydrogens (tertiary/aromatic N) is 2. The molecule has 0 unspecified atom stereocenters. The van der Waals surface area contributed by atoms with Gasteiger partial charge in [-0.05, 0) is 37.7 Å². The van der Waals surface area contributed by atoms with E-state index in [4.69, 9.17) is 9.97 Å². The minimum atomic E-state index is 0.570. The maximum atomic E-state index is 4.98. The van der Waals surface area contributed by atoms with E-state index in [0.29, 0.717) is 5.92 Å². The molecule has 0 radical (unpaired) electrons. The summed E-state index contributed by atoms with van der Waals surface area (Å²) in [7, 11) is 2.00. The summed E-state index contributed by atoms with van der Waals surface area (Å²) in [5, 5.41) is 4.65. The van der Waals surface area contributed by atoms with E-state index < -0.39 is 0 Å². The molecule has 1 N–H and O–H groups in total. The van der Waals surface area contributed by atoms with Crippen molar-refractivity contribution in [1.82, 2.24) is 9.97 Å². The van der Waals surface area contributed by atoms with Crippen LogP contribution in [0.3, 0.4) is 0 Å². The Labute approximate surface area is 130 Å². The number of fused-ring (bicyclic) bond motifs is 3. The lowest BCUT2D eigenvalue weighted by Crippen LogP contribution is -2.06. The van der Waals surface area contributed by atoms with Crippen LogP contribution < -0.4 is 5.32 Å². The number of hydrogen-bond acceptors (Lipinski definition) is 4. The fourth-order valence-electron chi connectivity index (χ4n) is 3.91. The molecule has 4 heteroatoms. The molecule has 2 aliphatic carbocycles. The summed E-state index contributed by atoms with van der Waals surface area (Å²) in [5.74, 6) is 2.73. The average Bonchev–Trinajstić information content (AvgIpc) is 2.96. The molecule has 2 aliphatic rings. The Morgan fingerprint density at radius 2 is 1.81 bits per heavy atom. The first-order valence-electron chi connectivity index (χ1n) is 8.36. The Hall–Kier alpha value is -1.16. The third-order valence-corrected chi connectivity index (χ3v) is 6.22. The van der Waals surface area contributed by atoms with Crippen LogP contribution in [0.1, 0.15) is 67.1 Å². The van der Waals surface area contributed by atoms with E-state index in [1.165, 1.54) is 73.6 Å². The molecular weight excluding hydrogens is 278 g/mol. The molecule has 3 nitrogen and oxygen atoms in total. The van der Waals surface area contributed by atoms with Gasteiger partial charge < -0.3 is 5.32 Å². The molecule has 4 rings (SSSR count). The first-order valence-corrected chi connectivity index (χ1v) is 9.18. The van der Waals surface area contributed by atoms with E-state index in [-0.39, 0.29) is 0 Å². The van der Waals surface area contributed by atoms with E-state index in [9.17, 15) is 0 Å². The molecule has 1 fully saturated rings. The van der Waals surface area contributed by atoms with Gasteiger partial charge in [0.2, 0.25) is 0 Å². The molecule has 2 aromatic heterocycles. The predicted octanol–water partition coefficient (Wildman–Crippen LogP) is 4.66. The highest BCUT2D eigenvalue weighted by Gasteiger charge is 2.24. The van der Waals surface area contributed by atoms with Crippen LogP contribution in [0.5, 0.6) is 0 Å². The number of aromatic nitrogens is 2. The third kappa shape index (κ3) is 2.33. The average molecular weight is 301 g/mol. The maximum Gasteiger partial charge on any atom is 0.138 e. The minimum absolute atomic E-state index is 0.570. The van der Waals surface area contributed by atoms with Gasteiger partial charge in [0.05, 0.1) is 5.39 Å². The van der Waals surface area contributed by atoms with Crippen molar-refractivity contribution in [2.75, 3.05) is 12.4 Å². The van der Waals surface area contributed by atoms with Gasteiger partial charge in [-0.2, -0.15) is 0 Å². The highest BCUT2D eigenvalue weighted by molar-refractivity contribution is 7.19. The van der Waals surface area contributed by atoms with Gasteiger partial charge in [0, 0.05) is 17.8 Å². The lowest BCUT2D eigenvalue weighted by Gasteiger charge is -2.14. The van der Waals surface area contributed by atoms with E-state index in [1.54, 1.807) is 4.88 Å². The van der Waals surface area contributed by atoms with Crippen LogP contribution in [-0.2, 0) is 12.8 Å². The van der Waals surface area contributed by atoms with Gasteiger partial charge in [0.25, 0.3) is 0 Å². The quantitative estimate of drug-likeness (QED) is 0.820. The van der Waals surface area contributed by atoms with Gasteiger partial charge in [0.1, 0.15) is 16.5 Å². The van der Waals surface area contributed by atoms with Crippen molar-refractivity contribution in [1.29, 1.82) is 0 Å². The highest BCUT2D eigenvalue weighted by Crippen LogP contribution is 2.41. The largest absolute Gasteiger partial charge is 0.372 e. The molecule has 0 bridgehead atoms. The number of aryl methyl sites for hydroxylation is 2. The fourth-order valence-corrected chi connectivity index (χ4v) is 5.18. The molecule has 0 aliphatic heterocycles. The summed E-state index contributed by atoms with van der Waals surface area (Å²) in [4.78, 5) is 12.7. The Morgan fingerprint density at radius 3 is 2.57 bits per heavy atom. The summed E-state index contributed by atoms with van der Waals surface area (Å²) < 4.78 is 0. The van der Waals surface area contributed by atoms with Crippen LogP contribution in [0, 0.1) is 0 Å². The second-order valence-electron chi connectivity index (χ2n) is 6.41. The molecule has 0 spiro atoms. The van der Waals surface area contributed by atoms with Gasteiger partial charge in [0.15, 0.2) is 0 Å². The summed E-state index contributed by atoms with van der Waals surface area (Å²) >= 11 is 1.91. The molecule has 0 atom stereocenters. The van der Waals surface area contributed by atoms with Crippen LogP contribution in [0.4, 0.5) is 5.82 Å². The second kappa shape index (κ2) is 5.56. The Bertz CT molecular complexity index is 654. The van der Waals surface area contributed by atoms with Gasteiger partial charge in [-0.15, -0.1) is 11.3 Å². The topological polar surface area (TPSA) is 37.8 Å². The standard InChI is InChI=1S/C17H23N3S/c1-18-16-14-12-9-6-10-13(12)21-17(14)20-15(19-16)11-7-4-2-3-5-8-11/h11H,2-10H2,1H3,(H,18,19,20). The Kier molecular flexibility index (Phi) is 3.57.